The van der Waals surface area contributed by atoms with E-state index in [4.69, 9.17) is 4.74 Å². The topological polar surface area (TPSA) is 21.3 Å². The van der Waals surface area contributed by atoms with Crippen LogP contribution in [0.2, 0.25) is 0 Å². The Morgan fingerprint density at radius 2 is 1.95 bits per heavy atom. The van der Waals surface area contributed by atoms with Crippen molar-refractivity contribution < 1.29 is 4.74 Å². The van der Waals surface area contributed by atoms with E-state index in [0.717, 1.165) is 16.6 Å². The normalized spacial score (nSPS) is 21.6. The summed E-state index contributed by atoms with van der Waals surface area (Å²) >= 11 is 3.51. The Morgan fingerprint density at radius 1 is 1.16 bits per heavy atom. The van der Waals surface area contributed by atoms with Gasteiger partial charge in [-0.15, -0.1) is 0 Å². The summed E-state index contributed by atoms with van der Waals surface area (Å²) in [6.45, 7) is 0. The minimum absolute atomic E-state index is 0.112. The molecule has 0 bridgehead atoms. The maximum absolute atomic E-state index is 6.16. The maximum atomic E-state index is 6.16. The highest BCUT2D eigenvalue weighted by Crippen LogP contribution is 2.41. The first-order valence-electron chi connectivity index (χ1n) is 6.46. The Morgan fingerprint density at radius 3 is 2.68 bits per heavy atom. The summed E-state index contributed by atoms with van der Waals surface area (Å²) in [4.78, 5) is 0. The number of fused-ring (bicyclic) bond motifs is 1. The molecule has 19 heavy (non-hydrogen) atoms. The van der Waals surface area contributed by atoms with Crippen molar-refractivity contribution in [1.82, 2.24) is 5.32 Å². The molecule has 0 fully saturated rings. The van der Waals surface area contributed by atoms with Crippen LogP contribution < -0.4 is 10.1 Å². The quantitative estimate of drug-likeness (QED) is 0.894. The Hall–Kier alpha value is -1.32. The highest BCUT2D eigenvalue weighted by molar-refractivity contribution is 9.10. The van der Waals surface area contributed by atoms with Crippen LogP contribution >= 0.6 is 15.9 Å². The second-order valence-corrected chi connectivity index (χ2v) is 5.69. The van der Waals surface area contributed by atoms with Gasteiger partial charge in [0.1, 0.15) is 11.9 Å². The monoisotopic (exact) mass is 317 g/mol. The summed E-state index contributed by atoms with van der Waals surface area (Å²) in [7, 11) is 2.00. The summed E-state index contributed by atoms with van der Waals surface area (Å²) < 4.78 is 7.21. The van der Waals surface area contributed by atoms with Crippen molar-refractivity contribution in [2.45, 2.75) is 18.6 Å². The van der Waals surface area contributed by atoms with Crippen LogP contribution in [-0.2, 0) is 0 Å². The van der Waals surface area contributed by atoms with Crippen LogP contribution in [0.4, 0.5) is 0 Å². The predicted molar refractivity (Wildman–Crippen MR) is 80.4 cm³/mol. The van der Waals surface area contributed by atoms with Gasteiger partial charge in [0.15, 0.2) is 0 Å². The number of halogens is 1. The van der Waals surface area contributed by atoms with Gasteiger partial charge in [0.25, 0.3) is 0 Å². The van der Waals surface area contributed by atoms with Crippen LogP contribution in [0.3, 0.4) is 0 Å². The van der Waals surface area contributed by atoms with Crippen LogP contribution in [-0.4, -0.2) is 7.05 Å². The van der Waals surface area contributed by atoms with E-state index >= 15 is 0 Å². The Balaban J connectivity index is 1.97. The van der Waals surface area contributed by atoms with Crippen LogP contribution in [0.5, 0.6) is 5.75 Å². The molecule has 1 N–H and O–H groups in total. The zero-order chi connectivity index (χ0) is 13.2. The zero-order valence-corrected chi connectivity index (χ0v) is 12.4. The molecule has 2 aromatic rings. The first-order valence-corrected chi connectivity index (χ1v) is 7.25. The van der Waals surface area contributed by atoms with E-state index in [-0.39, 0.29) is 6.10 Å². The summed E-state index contributed by atoms with van der Waals surface area (Å²) in [5, 5.41) is 3.38. The van der Waals surface area contributed by atoms with E-state index < -0.39 is 0 Å². The van der Waals surface area contributed by atoms with E-state index in [1.165, 1.54) is 11.1 Å². The van der Waals surface area contributed by atoms with Crippen molar-refractivity contribution in [1.29, 1.82) is 0 Å². The van der Waals surface area contributed by atoms with Gasteiger partial charge in [0.05, 0.1) is 0 Å². The van der Waals surface area contributed by atoms with Crippen molar-refractivity contribution in [2.75, 3.05) is 7.05 Å². The molecule has 0 amide bonds. The molecule has 0 saturated carbocycles. The fraction of sp³-hybridized carbons (Fsp3) is 0.250. The molecular weight excluding hydrogens is 302 g/mol. The smallest absolute Gasteiger partial charge is 0.126 e. The Bertz CT molecular complexity index is 570. The molecule has 0 aliphatic carbocycles. The van der Waals surface area contributed by atoms with Gasteiger partial charge in [-0.25, -0.2) is 0 Å². The third-order valence-electron chi connectivity index (χ3n) is 3.59. The van der Waals surface area contributed by atoms with Gasteiger partial charge in [0, 0.05) is 22.5 Å². The van der Waals surface area contributed by atoms with Crippen LogP contribution in [0, 0.1) is 0 Å². The van der Waals surface area contributed by atoms with E-state index in [2.05, 4.69) is 63.7 Å². The Kier molecular flexibility index (Phi) is 3.58. The molecule has 3 heteroatoms. The minimum Gasteiger partial charge on any atom is -0.485 e. The molecule has 2 unspecified atom stereocenters. The third kappa shape index (κ3) is 2.53. The van der Waals surface area contributed by atoms with Gasteiger partial charge in [-0.05, 0) is 24.7 Å². The van der Waals surface area contributed by atoms with Crippen LogP contribution in [0.15, 0.2) is 53.0 Å². The molecule has 1 heterocycles. The van der Waals surface area contributed by atoms with Crippen LogP contribution in [0.1, 0.15) is 29.7 Å². The number of nitrogens with one attached hydrogen (secondary N) is 1. The lowest BCUT2D eigenvalue weighted by Crippen LogP contribution is -2.26. The lowest BCUT2D eigenvalue weighted by molar-refractivity contribution is 0.154. The number of ether oxygens (including phenoxy) is 1. The molecule has 0 spiro atoms. The largest absolute Gasteiger partial charge is 0.485 e. The third-order valence-corrected chi connectivity index (χ3v) is 4.08. The van der Waals surface area contributed by atoms with E-state index in [0.29, 0.717) is 6.04 Å². The average molecular weight is 318 g/mol. The molecular formula is C16H16BrNO. The van der Waals surface area contributed by atoms with E-state index in [1.807, 2.05) is 13.1 Å². The molecule has 2 aromatic carbocycles. The standard InChI is InChI=1S/C16H16BrNO/c1-18-14-10-15(11-5-3-2-4-6-11)19-16-9-12(17)7-8-13(14)16/h2-9,14-15,18H,10H2,1H3. The van der Waals surface area contributed by atoms with Gasteiger partial charge in [0.2, 0.25) is 0 Å². The number of rotatable bonds is 2. The molecule has 0 aromatic heterocycles. The molecule has 2 atom stereocenters. The zero-order valence-electron chi connectivity index (χ0n) is 10.8. The van der Waals surface area contributed by atoms with Crippen molar-refractivity contribution in [3.05, 3.63) is 64.1 Å². The summed E-state index contributed by atoms with van der Waals surface area (Å²) in [6.07, 6.45) is 1.07. The lowest BCUT2D eigenvalue weighted by atomic mass is 9.93. The number of benzene rings is 2. The lowest BCUT2D eigenvalue weighted by Gasteiger charge is -2.32. The fourth-order valence-electron chi connectivity index (χ4n) is 2.59. The van der Waals surface area contributed by atoms with Gasteiger partial charge in [-0.1, -0.05) is 52.3 Å². The summed E-state index contributed by atoms with van der Waals surface area (Å²) in [5.41, 5.74) is 2.46. The SMILES string of the molecule is CNC1CC(c2ccccc2)Oc2cc(Br)ccc21. The second-order valence-electron chi connectivity index (χ2n) is 4.78. The van der Waals surface area contributed by atoms with Gasteiger partial charge in [-0.2, -0.15) is 0 Å². The Labute approximate surface area is 121 Å². The first kappa shape index (κ1) is 12.7. The summed E-state index contributed by atoms with van der Waals surface area (Å²) in [5.74, 6) is 0.967. The van der Waals surface area contributed by atoms with Gasteiger partial charge >= 0.3 is 0 Å². The van der Waals surface area contributed by atoms with Gasteiger partial charge < -0.3 is 10.1 Å². The molecule has 3 rings (SSSR count). The molecule has 98 valence electrons. The van der Waals surface area contributed by atoms with Crippen molar-refractivity contribution in [2.24, 2.45) is 0 Å². The first-order chi connectivity index (χ1) is 9.28. The van der Waals surface area contributed by atoms with E-state index in [1.54, 1.807) is 0 Å². The molecule has 0 saturated heterocycles. The predicted octanol–water partition coefficient (Wildman–Crippen LogP) is 4.23. The van der Waals surface area contributed by atoms with Gasteiger partial charge in [-0.3, -0.25) is 0 Å². The van der Waals surface area contributed by atoms with Crippen molar-refractivity contribution >= 4 is 15.9 Å². The second kappa shape index (κ2) is 5.35. The molecule has 1 aliphatic rings. The average Bonchev–Trinajstić information content (AvgIpc) is 2.46. The molecule has 0 radical (unpaired) electrons. The fourth-order valence-corrected chi connectivity index (χ4v) is 2.93. The number of hydrogen-bond acceptors (Lipinski definition) is 2. The van der Waals surface area contributed by atoms with Crippen molar-refractivity contribution in [3.8, 4) is 5.75 Å². The maximum Gasteiger partial charge on any atom is 0.126 e. The van der Waals surface area contributed by atoms with E-state index in [9.17, 15) is 0 Å². The number of hydrogen-bond donors (Lipinski definition) is 1. The molecule has 1 aliphatic heterocycles. The highest BCUT2D eigenvalue weighted by atomic mass is 79.9. The highest BCUT2D eigenvalue weighted by Gasteiger charge is 2.28. The van der Waals surface area contributed by atoms with Crippen molar-refractivity contribution in [3.63, 3.8) is 0 Å². The molecule has 2 nitrogen and oxygen atoms in total. The van der Waals surface area contributed by atoms with Crippen LogP contribution in [0.25, 0.3) is 0 Å². The summed E-state index contributed by atoms with van der Waals surface area (Å²) in [6, 6.07) is 17.0. The minimum atomic E-state index is 0.112.